The van der Waals surface area contributed by atoms with Crippen molar-refractivity contribution >= 4 is 94.5 Å². The number of carbonyl (C=O) groups excluding carboxylic acids is 13. The predicted molar refractivity (Wildman–Crippen MR) is 356 cm³/mol. The zero-order valence-corrected chi connectivity index (χ0v) is 55.3. The van der Waals surface area contributed by atoms with E-state index in [0.717, 1.165) is 0 Å². The molecule has 95 heavy (non-hydrogen) atoms. The topological polar surface area (TPSA) is 519 Å². The highest BCUT2D eigenvalue weighted by Crippen LogP contribution is 2.24. The Morgan fingerprint density at radius 3 is 1.51 bits per heavy atom. The van der Waals surface area contributed by atoms with Crippen LogP contribution in [0, 0.1) is 5.92 Å². The Morgan fingerprint density at radius 1 is 0.537 bits per heavy atom. The van der Waals surface area contributed by atoms with E-state index in [2.05, 4.69) is 47.5 Å². The van der Waals surface area contributed by atoms with Gasteiger partial charge in [-0.15, -0.1) is 0 Å². The lowest BCUT2D eigenvalue weighted by Crippen LogP contribution is -2.60. The van der Waals surface area contributed by atoms with Gasteiger partial charge in [0.15, 0.2) is 5.96 Å². The second kappa shape index (κ2) is 41.0. The summed E-state index contributed by atoms with van der Waals surface area (Å²) in [5.41, 5.74) is 40.6. The Kier molecular flexibility index (Phi) is 33.9. The summed E-state index contributed by atoms with van der Waals surface area (Å²) in [7, 11) is 0. The normalized spacial score (nSPS) is 16.8. The van der Waals surface area contributed by atoms with Crippen molar-refractivity contribution in [2.45, 2.75) is 183 Å². The van der Waals surface area contributed by atoms with Crippen LogP contribution in [0.4, 0.5) is 0 Å². The molecule has 2 saturated heterocycles. The average Bonchev–Trinajstić information content (AvgIpc) is 1.74. The molecule has 13 amide bonds. The number of hydrogen-bond donors (Lipinski definition) is 15. The van der Waals surface area contributed by atoms with Crippen molar-refractivity contribution in [3.8, 4) is 0 Å². The zero-order chi connectivity index (χ0) is 70.1. The van der Waals surface area contributed by atoms with Crippen LogP contribution in [0.1, 0.15) is 121 Å². The highest BCUT2D eigenvalue weighted by atomic mass is 32.2. The van der Waals surface area contributed by atoms with E-state index in [1.807, 2.05) is 20.1 Å². The van der Waals surface area contributed by atoms with Gasteiger partial charge in [-0.3, -0.25) is 67.3 Å². The number of rotatable bonds is 42. The Hall–Kier alpha value is -8.91. The summed E-state index contributed by atoms with van der Waals surface area (Å²) in [6.45, 7) is 3.86. The molecular weight excluding hydrogens is 1250 g/mol. The van der Waals surface area contributed by atoms with Crippen molar-refractivity contribution in [1.82, 2.24) is 52.3 Å². The summed E-state index contributed by atoms with van der Waals surface area (Å²) >= 11 is 1.45. The molecule has 2 aliphatic rings. The van der Waals surface area contributed by atoms with E-state index in [1.165, 1.54) is 21.6 Å². The minimum Gasteiger partial charge on any atom is -0.370 e. The number of nitrogens with one attached hydrogen (secondary N) is 8. The first kappa shape index (κ1) is 78.5. The van der Waals surface area contributed by atoms with Gasteiger partial charge in [-0.2, -0.15) is 11.8 Å². The molecule has 10 atom stereocenters. The molecule has 0 saturated carbocycles. The van der Waals surface area contributed by atoms with Gasteiger partial charge in [0.25, 0.3) is 0 Å². The van der Waals surface area contributed by atoms with Gasteiger partial charge >= 0.3 is 0 Å². The van der Waals surface area contributed by atoms with Crippen molar-refractivity contribution in [1.29, 1.82) is 0 Å². The van der Waals surface area contributed by atoms with Gasteiger partial charge in [-0.25, -0.2) is 0 Å². The summed E-state index contributed by atoms with van der Waals surface area (Å²) in [6, 6.07) is 4.51. The molecule has 2 aromatic carbocycles. The van der Waals surface area contributed by atoms with Crippen LogP contribution in [-0.2, 0) is 75.2 Å². The lowest BCUT2D eigenvalue weighted by molar-refractivity contribution is -0.144. The fourth-order valence-corrected chi connectivity index (χ4v) is 11.5. The summed E-state index contributed by atoms with van der Waals surface area (Å²) in [6.07, 6.45) is 3.12. The molecule has 4 rings (SSSR count). The maximum atomic E-state index is 14.7. The Bertz CT molecular complexity index is 2960. The first-order valence-electron chi connectivity index (χ1n) is 32.2. The van der Waals surface area contributed by atoms with E-state index in [0.29, 0.717) is 55.4 Å². The highest BCUT2D eigenvalue weighted by molar-refractivity contribution is 7.98. The van der Waals surface area contributed by atoms with E-state index in [-0.39, 0.29) is 83.0 Å². The number of nitrogens with two attached hydrogens (primary N) is 7. The lowest BCUT2D eigenvalue weighted by atomic mass is 10.0. The van der Waals surface area contributed by atoms with Crippen molar-refractivity contribution < 1.29 is 62.3 Å². The van der Waals surface area contributed by atoms with Crippen LogP contribution in [0.25, 0.3) is 0 Å². The SMILES string of the molecule is CSCC[C@H](NC(=O)[C@H](CC(C)C)NC(=O)CNC(=O)[C@@H](Cc1ccccc1)NC(=O)[C@H](Cc1ccccc1)NC(=O)[C@@H](CCC(N)=O)NC(=O)[C@@H](CCC(N)=O)NC(=O)[C@H]1CCCN1C(=O)[C@H](CCCCN)NC(=O)[C@H]1CCCN1C(=O)[C@H](N)CCCN=C(N)N)C(N)=O. The molecule has 2 heterocycles. The first-order valence-corrected chi connectivity index (χ1v) is 33.6. The van der Waals surface area contributed by atoms with Gasteiger partial charge in [0.1, 0.15) is 54.4 Å². The molecule has 31 nitrogen and oxygen atoms in total. The molecule has 0 unspecified atom stereocenters. The smallest absolute Gasteiger partial charge is 0.245 e. The summed E-state index contributed by atoms with van der Waals surface area (Å²) in [5, 5.41) is 21.1. The number of carbonyl (C=O) groups is 13. The van der Waals surface area contributed by atoms with E-state index >= 15 is 0 Å². The van der Waals surface area contributed by atoms with Crippen molar-refractivity contribution in [2.24, 2.45) is 51.0 Å². The van der Waals surface area contributed by atoms with Gasteiger partial charge < -0.3 is 92.5 Å². The summed E-state index contributed by atoms with van der Waals surface area (Å²) in [4.78, 5) is 185. The zero-order valence-electron chi connectivity index (χ0n) is 54.5. The Morgan fingerprint density at radius 2 is 1.01 bits per heavy atom. The van der Waals surface area contributed by atoms with Crippen molar-refractivity contribution in [3.05, 3.63) is 71.8 Å². The van der Waals surface area contributed by atoms with E-state index in [1.54, 1.807) is 60.7 Å². The molecule has 0 aromatic heterocycles. The van der Waals surface area contributed by atoms with Crippen molar-refractivity contribution in [2.75, 3.05) is 44.7 Å². The van der Waals surface area contributed by atoms with Crippen molar-refractivity contribution in [3.63, 3.8) is 0 Å². The fraction of sp³-hybridized carbons (Fsp3) is 0.587. The maximum Gasteiger partial charge on any atom is 0.245 e. The molecule has 2 aromatic rings. The van der Waals surface area contributed by atoms with Gasteiger partial charge in [0.2, 0.25) is 76.8 Å². The molecule has 0 aliphatic carbocycles. The quantitative estimate of drug-likeness (QED) is 0.0173. The maximum absolute atomic E-state index is 14.7. The minimum atomic E-state index is -1.64. The standard InChI is InChI=1S/C63H98N18O13S/c1-37(2)33-45(57(89)74-41(53(68)85)27-32-95-3)73-52(84)36-72-54(86)46(34-38-15-6-4-7-16-38)78-58(90)47(35-39-17-8-5-9-18-39)79-56(88)42(23-25-50(66)82)75-55(87)43(24-26-51(67)83)76-59(91)49-22-14-31-81(49)62(94)44(20-10-11-28-64)77-60(92)48-21-13-30-80(48)61(93)40(65)19-12-29-71-63(69)70/h4-9,15-18,37,40-49H,10-14,19-36,64-65H2,1-3H3,(H2,66,82)(H2,67,83)(H2,68,85)(H,72,86)(H,73,84)(H,74,89)(H,75,87)(H,76,91)(H,77,92)(H,78,90)(H,79,88)(H4,69,70,71)/t40-,41+,42-,43-,44+,45+,46-,47+,48-,49-/m1/s1. The molecule has 22 N–H and O–H groups in total. The van der Waals surface area contributed by atoms with Crippen LogP contribution in [0.15, 0.2) is 65.7 Å². The molecule has 0 bridgehead atoms. The summed E-state index contributed by atoms with van der Waals surface area (Å²) in [5.74, 6) is -9.80. The number of benzene rings is 2. The number of amides is 13. The largest absolute Gasteiger partial charge is 0.370 e. The van der Waals surface area contributed by atoms with Crippen LogP contribution in [0.3, 0.4) is 0 Å². The monoisotopic (exact) mass is 1350 g/mol. The van der Waals surface area contributed by atoms with E-state index in [9.17, 15) is 62.3 Å². The van der Waals surface area contributed by atoms with Crippen LogP contribution >= 0.6 is 11.8 Å². The third-order valence-electron chi connectivity index (χ3n) is 16.0. The van der Waals surface area contributed by atoms with E-state index < -0.39 is 169 Å². The number of primary amides is 3. The average molecular weight is 1350 g/mol. The second-order valence-electron chi connectivity index (χ2n) is 24.1. The van der Waals surface area contributed by atoms with Gasteiger partial charge in [0, 0.05) is 45.3 Å². The third kappa shape index (κ3) is 27.5. The number of guanidine groups is 1. The Balaban J connectivity index is 1.56. The fourth-order valence-electron chi connectivity index (χ4n) is 11.0. The molecule has 2 fully saturated rings. The Labute approximate surface area is 558 Å². The van der Waals surface area contributed by atoms with Crippen LogP contribution in [-0.4, -0.2) is 198 Å². The molecule has 2 aliphatic heterocycles. The number of hydrogen-bond acceptors (Lipinski definition) is 17. The van der Waals surface area contributed by atoms with Crippen LogP contribution < -0.4 is 82.7 Å². The number of unbranched alkanes of at least 4 members (excludes halogenated alkanes) is 1. The number of nitrogens with zero attached hydrogens (tertiary/aromatic N) is 3. The van der Waals surface area contributed by atoms with E-state index in [4.69, 9.17) is 40.1 Å². The summed E-state index contributed by atoms with van der Waals surface area (Å²) < 4.78 is 0. The third-order valence-corrected chi connectivity index (χ3v) is 16.7. The second-order valence-corrected chi connectivity index (χ2v) is 25.1. The minimum absolute atomic E-state index is 0.0736. The molecule has 0 spiro atoms. The van der Waals surface area contributed by atoms with Crippen LogP contribution in [0.5, 0.6) is 0 Å². The molecule has 32 heteroatoms. The van der Waals surface area contributed by atoms with Gasteiger partial charge in [-0.05, 0) is 119 Å². The number of likely N-dealkylation sites (tertiary alicyclic amines) is 2. The molecular formula is C63H98N18O13S. The molecule has 0 radical (unpaired) electrons. The first-order chi connectivity index (χ1) is 45.2. The number of thioether (sulfide) groups is 1. The van der Waals surface area contributed by atoms with Crippen LogP contribution in [0.2, 0.25) is 0 Å². The van der Waals surface area contributed by atoms with Gasteiger partial charge in [0.05, 0.1) is 12.6 Å². The predicted octanol–water partition coefficient (Wildman–Crippen LogP) is -3.71. The lowest BCUT2D eigenvalue weighted by Gasteiger charge is -2.32. The highest BCUT2D eigenvalue weighted by Gasteiger charge is 2.42. The van der Waals surface area contributed by atoms with Gasteiger partial charge in [-0.1, -0.05) is 74.5 Å². The molecule has 524 valence electrons. The number of aliphatic imine (C=N–C) groups is 1.